The van der Waals surface area contributed by atoms with E-state index >= 15 is 0 Å². The molecule has 0 amide bonds. The molecule has 2 heteroatoms. The fourth-order valence-corrected chi connectivity index (χ4v) is 1.22. The van der Waals surface area contributed by atoms with E-state index in [1.54, 1.807) is 0 Å². The van der Waals surface area contributed by atoms with Crippen molar-refractivity contribution in [3.63, 3.8) is 0 Å². The molecule has 15 heavy (non-hydrogen) atoms. The number of carboxylic acids is 1. The molecule has 1 N–H and O–H groups in total. The predicted molar refractivity (Wildman–Crippen MR) is 59.5 cm³/mol. The molecule has 2 nitrogen and oxygen atoms in total. The Balaban J connectivity index is 2.41. The average molecular weight is 202 g/mol. The van der Waals surface area contributed by atoms with Crippen LogP contribution in [0.5, 0.6) is 0 Å². The van der Waals surface area contributed by atoms with Gasteiger partial charge in [-0.3, -0.25) is 4.79 Å². The Bertz CT molecular complexity index is 396. The molecular formula is C13H14O2. The van der Waals surface area contributed by atoms with E-state index in [9.17, 15) is 4.79 Å². The van der Waals surface area contributed by atoms with Crippen LogP contribution in [0.4, 0.5) is 0 Å². The number of hydrogen-bond donors (Lipinski definition) is 1. The standard InChI is InChI=1S/C13H14O2/c1-11-6-5-8-12(10-11)7-3-2-4-9-13(14)15/h5-6,8,10H,2,4,9H2,1H3,(H,14,15). The first-order valence-corrected chi connectivity index (χ1v) is 4.96. The molecule has 78 valence electrons. The third-order valence-electron chi connectivity index (χ3n) is 1.94. The topological polar surface area (TPSA) is 37.3 Å². The van der Waals surface area contributed by atoms with Crippen molar-refractivity contribution in [2.75, 3.05) is 0 Å². The second-order valence-electron chi connectivity index (χ2n) is 3.42. The maximum Gasteiger partial charge on any atom is 0.303 e. The fourth-order valence-electron chi connectivity index (χ4n) is 1.22. The number of hydrogen-bond acceptors (Lipinski definition) is 1. The van der Waals surface area contributed by atoms with Crippen LogP contribution in [0.2, 0.25) is 0 Å². The number of aliphatic carboxylic acids is 1. The van der Waals surface area contributed by atoms with Crippen molar-refractivity contribution in [2.24, 2.45) is 0 Å². The van der Waals surface area contributed by atoms with Gasteiger partial charge in [0, 0.05) is 18.4 Å². The summed E-state index contributed by atoms with van der Waals surface area (Å²) in [5.41, 5.74) is 2.18. The largest absolute Gasteiger partial charge is 0.481 e. The van der Waals surface area contributed by atoms with Gasteiger partial charge in [0.2, 0.25) is 0 Å². The first-order chi connectivity index (χ1) is 7.18. The molecule has 0 radical (unpaired) electrons. The number of carbonyl (C=O) groups is 1. The third kappa shape index (κ3) is 4.87. The normalized spacial score (nSPS) is 9.13. The molecule has 1 rings (SSSR count). The maximum atomic E-state index is 10.2. The maximum absolute atomic E-state index is 10.2. The molecule has 0 aliphatic rings. The van der Waals surface area contributed by atoms with Crippen molar-refractivity contribution in [2.45, 2.75) is 26.2 Å². The molecule has 0 spiro atoms. The van der Waals surface area contributed by atoms with Crippen LogP contribution in [0.15, 0.2) is 24.3 Å². The van der Waals surface area contributed by atoms with Gasteiger partial charge in [-0.25, -0.2) is 0 Å². The highest BCUT2D eigenvalue weighted by Gasteiger charge is 1.93. The molecule has 0 saturated heterocycles. The van der Waals surface area contributed by atoms with Gasteiger partial charge in [0.1, 0.15) is 0 Å². The van der Waals surface area contributed by atoms with Crippen LogP contribution in [0.3, 0.4) is 0 Å². The van der Waals surface area contributed by atoms with Crippen LogP contribution in [-0.2, 0) is 4.79 Å². The quantitative estimate of drug-likeness (QED) is 0.604. The third-order valence-corrected chi connectivity index (χ3v) is 1.94. The van der Waals surface area contributed by atoms with Gasteiger partial charge in [0.25, 0.3) is 0 Å². The second-order valence-corrected chi connectivity index (χ2v) is 3.42. The Kier molecular flexibility index (Phi) is 4.43. The average Bonchev–Trinajstić information content (AvgIpc) is 2.17. The Hall–Kier alpha value is -1.75. The van der Waals surface area contributed by atoms with Crippen LogP contribution in [0.25, 0.3) is 0 Å². The van der Waals surface area contributed by atoms with E-state index in [4.69, 9.17) is 5.11 Å². The molecule has 0 bridgehead atoms. The number of rotatable bonds is 3. The van der Waals surface area contributed by atoms with Gasteiger partial charge in [-0.15, -0.1) is 0 Å². The highest BCUT2D eigenvalue weighted by molar-refractivity contribution is 5.66. The molecule has 0 saturated carbocycles. The van der Waals surface area contributed by atoms with E-state index in [0.29, 0.717) is 12.8 Å². The van der Waals surface area contributed by atoms with Gasteiger partial charge >= 0.3 is 5.97 Å². The number of aryl methyl sites for hydroxylation is 1. The highest BCUT2D eigenvalue weighted by atomic mass is 16.4. The molecule has 0 aliphatic heterocycles. The molecule has 0 aliphatic carbocycles. The molecule has 0 aromatic heterocycles. The predicted octanol–water partition coefficient (Wildman–Crippen LogP) is 2.60. The molecular weight excluding hydrogens is 188 g/mol. The van der Waals surface area contributed by atoms with Crippen LogP contribution in [-0.4, -0.2) is 11.1 Å². The van der Waals surface area contributed by atoms with Gasteiger partial charge in [-0.05, 0) is 31.0 Å². The summed E-state index contributed by atoms with van der Waals surface area (Å²) in [5.74, 6) is 5.23. The Labute approximate surface area is 89.9 Å². The lowest BCUT2D eigenvalue weighted by Crippen LogP contribution is -1.92. The number of benzene rings is 1. The first kappa shape index (κ1) is 11.3. The van der Waals surface area contributed by atoms with E-state index in [1.165, 1.54) is 5.56 Å². The molecule has 1 aromatic rings. The van der Waals surface area contributed by atoms with E-state index in [1.807, 2.05) is 31.2 Å². The van der Waals surface area contributed by atoms with Crippen LogP contribution in [0.1, 0.15) is 30.4 Å². The highest BCUT2D eigenvalue weighted by Crippen LogP contribution is 2.02. The van der Waals surface area contributed by atoms with E-state index in [2.05, 4.69) is 11.8 Å². The van der Waals surface area contributed by atoms with Gasteiger partial charge in [0.15, 0.2) is 0 Å². The van der Waals surface area contributed by atoms with Gasteiger partial charge in [-0.1, -0.05) is 24.0 Å². The smallest absolute Gasteiger partial charge is 0.303 e. The summed E-state index contributed by atoms with van der Waals surface area (Å²) in [7, 11) is 0. The lowest BCUT2D eigenvalue weighted by Gasteiger charge is -1.92. The first-order valence-electron chi connectivity index (χ1n) is 4.96. The van der Waals surface area contributed by atoms with Gasteiger partial charge < -0.3 is 5.11 Å². The van der Waals surface area contributed by atoms with Gasteiger partial charge in [-0.2, -0.15) is 0 Å². The molecule has 0 heterocycles. The number of unbranched alkanes of at least 4 members (excludes halogenated alkanes) is 1. The van der Waals surface area contributed by atoms with Crippen LogP contribution >= 0.6 is 0 Å². The molecule has 0 atom stereocenters. The minimum absolute atomic E-state index is 0.197. The van der Waals surface area contributed by atoms with Crippen molar-refractivity contribution in [3.05, 3.63) is 35.4 Å². The zero-order valence-corrected chi connectivity index (χ0v) is 8.79. The summed E-state index contributed by atoms with van der Waals surface area (Å²) >= 11 is 0. The van der Waals surface area contributed by atoms with E-state index in [-0.39, 0.29) is 6.42 Å². The summed E-state index contributed by atoms with van der Waals surface area (Å²) in [5, 5.41) is 8.42. The lowest BCUT2D eigenvalue weighted by molar-refractivity contribution is -0.137. The van der Waals surface area contributed by atoms with E-state index in [0.717, 1.165) is 5.56 Å². The van der Waals surface area contributed by atoms with Crippen molar-refractivity contribution < 1.29 is 9.90 Å². The zero-order valence-electron chi connectivity index (χ0n) is 8.79. The van der Waals surface area contributed by atoms with Crippen molar-refractivity contribution in [1.29, 1.82) is 0 Å². The monoisotopic (exact) mass is 202 g/mol. The fraction of sp³-hybridized carbons (Fsp3) is 0.308. The summed E-state index contributed by atoms with van der Waals surface area (Å²) in [6.45, 7) is 2.02. The SMILES string of the molecule is Cc1cccc(C#CCCCC(=O)O)c1. The van der Waals surface area contributed by atoms with Crippen molar-refractivity contribution >= 4 is 5.97 Å². The van der Waals surface area contributed by atoms with Crippen LogP contribution < -0.4 is 0 Å². The summed E-state index contributed by atoms with van der Waals surface area (Å²) in [6, 6.07) is 7.97. The Morgan fingerprint density at radius 3 is 2.93 bits per heavy atom. The van der Waals surface area contributed by atoms with Gasteiger partial charge in [0.05, 0.1) is 0 Å². The zero-order chi connectivity index (χ0) is 11.1. The minimum Gasteiger partial charge on any atom is -0.481 e. The molecule has 0 fully saturated rings. The number of carboxylic acid groups (broad SMARTS) is 1. The van der Waals surface area contributed by atoms with E-state index < -0.39 is 5.97 Å². The Morgan fingerprint density at radius 1 is 1.47 bits per heavy atom. The molecule has 0 unspecified atom stereocenters. The Morgan fingerprint density at radius 2 is 2.27 bits per heavy atom. The summed E-state index contributed by atoms with van der Waals surface area (Å²) in [6.07, 6.45) is 1.46. The summed E-state index contributed by atoms with van der Waals surface area (Å²) in [4.78, 5) is 10.2. The van der Waals surface area contributed by atoms with Crippen molar-refractivity contribution in [3.8, 4) is 11.8 Å². The van der Waals surface area contributed by atoms with Crippen LogP contribution in [0, 0.1) is 18.8 Å². The second kappa shape index (κ2) is 5.87. The minimum atomic E-state index is -0.757. The lowest BCUT2D eigenvalue weighted by atomic mass is 10.1. The molecule has 1 aromatic carbocycles. The van der Waals surface area contributed by atoms with Crippen molar-refractivity contribution in [1.82, 2.24) is 0 Å². The summed E-state index contributed by atoms with van der Waals surface area (Å²) < 4.78 is 0.